The summed E-state index contributed by atoms with van der Waals surface area (Å²) in [6.45, 7) is 2.24. The molecule has 0 heterocycles. The van der Waals surface area contributed by atoms with Gasteiger partial charge in [-0.25, -0.2) is 0 Å². The van der Waals surface area contributed by atoms with Crippen molar-refractivity contribution in [1.82, 2.24) is 0 Å². The molecular formula is C18H32O2. The Hall–Kier alpha value is -1.05. The van der Waals surface area contributed by atoms with Crippen LogP contribution in [0.4, 0.5) is 0 Å². The molecule has 1 N–H and O–H groups in total. The van der Waals surface area contributed by atoms with Crippen molar-refractivity contribution in [3.05, 3.63) is 24.3 Å². The molecule has 0 aromatic carbocycles. The van der Waals surface area contributed by atoms with Crippen LogP contribution in [0, 0.1) is 0 Å². The van der Waals surface area contributed by atoms with Crippen LogP contribution >= 0.6 is 0 Å². The van der Waals surface area contributed by atoms with Crippen LogP contribution in [-0.4, -0.2) is 11.1 Å². The van der Waals surface area contributed by atoms with Gasteiger partial charge in [0.25, 0.3) is 0 Å². The van der Waals surface area contributed by atoms with Crippen LogP contribution in [0.5, 0.6) is 0 Å². The molecule has 0 aliphatic heterocycles. The molecule has 0 unspecified atom stereocenters. The first kappa shape index (κ1) is 18.9. The fraction of sp³-hybridized carbons (Fsp3) is 0.722. The van der Waals surface area contributed by atoms with E-state index in [4.69, 9.17) is 5.11 Å². The van der Waals surface area contributed by atoms with E-state index in [0.29, 0.717) is 6.42 Å². The quantitative estimate of drug-likeness (QED) is 0.318. The number of aliphatic carboxylic acids is 1. The molecule has 0 rings (SSSR count). The maximum absolute atomic E-state index is 10.3. The number of allylic oxidation sites excluding steroid dienone is 4. The van der Waals surface area contributed by atoms with Gasteiger partial charge in [-0.05, 0) is 51.4 Å². The minimum Gasteiger partial charge on any atom is -0.481 e. The Morgan fingerprint density at radius 3 is 1.75 bits per heavy atom. The van der Waals surface area contributed by atoms with Crippen molar-refractivity contribution in [2.75, 3.05) is 0 Å². The molecule has 2 nitrogen and oxygen atoms in total. The van der Waals surface area contributed by atoms with E-state index in [1.54, 1.807) is 0 Å². The molecule has 0 radical (unpaired) electrons. The van der Waals surface area contributed by atoms with Crippen LogP contribution in [0.2, 0.25) is 0 Å². The third-order valence-electron chi connectivity index (χ3n) is 3.31. The summed E-state index contributed by atoms with van der Waals surface area (Å²) >= 11 is 0. The molecule has 0 aromatic rings. The molecule has 116 valence electrons. The minimum atomic E-state index is -0.678. The third kappa shape index (κ3) is 16.9. The number of carboxylic acids is 1. The van der Waals surface area contributed by atoms with E-state index in [2.05, 4.69) is 31.2 Å². The first-order valence-corrected chi connectivity index (χ1v) is 8.29. The Balaban J connectivity index is 3.17. The Bertz CT molecular complexity index is 267. The first-order chi connectivity index (χ1) is 9.77. The van der Waals surface area contributed by atoms with E-state index >= 15 is 0 Å². The topological polar surface area (TPSA) is 37.3 Å². The van der Waals surface area contributed by atoms with Gasteiger partial charge in [-0.3, -0.25) is 4.79 Å². The van der Waals surface area contributed by atoms with Crippen LogP contribution in [-0.2, 0) is 4.79 Å². The van der Waals surface area contributed by atoms with Gasteiger partial charge in [0.2, 0.25) is 0 Å². The monoisotopic (exact) mass is 280 g/mol. The third-order valence-corrected chi connectivity index (χ3v) is 3.31. The van der Waals surface area contributed by atoms with Crippen molar-refractivity contribution in [1.29, 1.82) is 0 Å². The fourth-order valence-electron chi connectivity index (χ4n) is 2.05. The van der Waals surface area contributed by atoms with E-state index in [1.807, 2.05) is 0 Å². The zero-order valence-corrected chi connectivity index (χ0v) is 13.2. The number of carbonyl (C=O) groups is 1. The van der Waals surface area contributed by atoms with Crippen molar-refractivity contribution < 1.29 is 9.90 Å². The molecule has 0 bridgehead atoms. The summed E-state index contributed by atoms with van der Waals surface area (Å²) in [5, 5.41) is 8.50. The lowest BCUT2D eigenvalue weighted by atomic mass is 10.1. The largest absolute Gasteiger partial charge is 0.481 e. The molecule has 0 fully saturated rings. The molecule has 0 aliphatic rings. The number of rotatable bonds is 14. The zero-order valence-electron chi connectivity index (χ0n) is 13.2. The average Bonchev–Trinajstić information content (AvgIpc) is 2.43. The van der Waals surface area contributed by atoms with Crippen molar-refractivity contribution >= 4 is 5.97 Å². The highest BCUT2D eigenvalue weighted by atomic mass is 16.4. The van der Waals surface area contributed by atoms with Gasteiger partial charge in [-0.15, -0.1) is 0 Å². The van der Waals surface area contributed by atoms with Gasteiger partial charge in [-0.2, -0.15) is 0 Å². The maximum atomic E-state index is 10.3. The highest BCUT2D eigenvalue weighted by Gasteiger charge is 1.94. The summed E-state index contributed by atoms with van der Waals surface area (Å²) in [6, 6.07) is 0. The van der Waals surface area contributed by atoms with Crippen LogP contribution in [0.25, 0.3) is 0 Å². The van der Waals surface area contributed by atoms with Crippen molar-refractivity contribution in [3.8, 4) is 0 Å². The molecule has 0 spiro atoms. The van der Waals surface area contributed by atoms with E-state index in [9.17, 15) is 4.79 Å². The SMILES string of the molecule is CCCCC/C=C\CCC/C=C\CCCCCC(=O)O. The van der Waals surface area contributed by atoms with Crippen LogP contribution < -0.4 is 0 Å². The number of unbranched alkanes of at least 4 members (excludes halogenated alkanes) is 8. The van der Waals surface area contributed by atoms with E-state index in [0.717, 1.165) is 32.1 Å². The van der Waals surface area contributed by atoms with Crippen LogP contribution in [0.1, 0.15) is 84.0 Å². The minimum absolute atomic E-state index is 0.314. The molecule has 0 aliphatic carbocycles. The van der Waals surface area contributed by atoms with Crippen molar-refractivity contribution in [2.45, 2.75) is 84.0 Å². The predicted octanol–water partition coefficient (Wildman–Crippen LogP) is 5.88. The lowest BCUT2D eigenvalue weighted by Gasteiger charge is -1.95. The lowest BCUT2D eigenvalue weighted by Crippen LogP contribution is -1.93. The summed E-state index contributed by atoms with van der Waals surface area (Å²) in [6.07, 6.45) is 22.3. The first-order valence-electron chi connectivity index (χ1n) is 8.29. The lowest BCUT2D eigenvalue weighted by molar-refractivity contribution is -0.137. The average molecular weight is 280 g/mol. The smallest absolute Gasteiger partial charge is 0.303 e. The van der Waals surface area contributed by atoms with Crippen LogP contribution in [0.3, 0.4) is 0 Å². The summed E-state index contributed by atoms with van der Waals surface area (Å²) in [4.78, 5) is 10.3. The summed E-state index contributed by atoms with van der Waals surface area (Å²) in [5.74, 6) is -0.678. The molecule has 0 saturated heterocycles. The normalized spacial score (nSPS) is 11.7. The van der Waals surface area contributed by atoms with Gasteiger partial charge in [0, 0.05) is 6.42 Å². The number of carboxylic acid groups (broad SMARTS) is 1. The molecular weight excluding hydrogens is 248 g/mol. The van der Waals surface area contributed by atoms with E-state index in [-0.39, 0.29) is 0 Å². The maximum Gasteiger partial charge on any atom is 0.303 e. The standard InChI is InChI=1S/C18H32O2/c1-2-3-4-5-6-7-8-9-10-11-12-13-14-15-16-17-18(19)20/h6-7,11-12H,2-5,8-10,13-17H2,1H3,(H,19,20)/b7-6-,12-11-. The fourth-order valence-corrected chi connectivity index (χ4v) is 2.05. The Morgan fingerprint density at radius 2 is 1.25 bits per heavy atom. The molecule has 0 aromatic heterocycles. The number of hydrogen-bond acceptors (Lipinski definition) is 1. The van der Waals surface area contributed by atoms with Gasteiger partial charge in [0.15, 0.2) is 0 Å². The highest BCUT2D eigenvalue weighted by molar-refractivity contribution is 5.66. The van der Waals surface area contributed by atoms with Gasteiger partial charge < -0.3 is 5.11 Å². The summed E-state index contributed by atoms with van der Waals surface area (Å²) in [7, 11) is 0. The second kappa shape index (κ2) is 16.0. The Kier molecular flexibility index (Phi) is 15.2. The second-order valence-corrected chi connectivity index (χ2v) is 5.36. The van der Waals surface area contributed by atoms with Gasteiger partial charge in [0.1, 0.15) is 0 Å². The molecule has 0 amide bonds. The molecule has 2 heteroatoms. The zero-order chi connectivity index (χ0) is 14.9. The molecule has 0 atom stereocenters. The summed E-state index contributed by atoms with van der Waals surface area (Å²) < 4.78 is 0. The van der Waals surface area contributed by atoms with Crippen LogP contribution in [0.15, 0.2) is 24.3 Å². The molecule has 20 heavy (non-hydrogen) atoms. The van der Waals surface area contributed by atoms with Gasteiger partial charge in [-0.1, -0.05) is 50.5 Å². The molecule has 0 saturated carbocycles. The van der Waals surface area contributed by atoms with Crippen molar-refractivity contribution in [2.24, 2.45) is 0 Å². The number of hydrogen-bond donors (Lipinski definition) is 1. The predicted molar refractivity (Wildman–Crippen MR) is 87.0 cm³/mol. The highest BCUT2D eigenvalue weighted by Crippen LogP contribution is 2.06. The van der Waals surface area contributed by atoms with E-state index < -0.39 is 5.97 Å². The summed E-state index contributed by atoms with van der Waals surface area (Å²) in [5.41, 5.74) is 0. The Morgan fingerprint density at radius 1 is 0.750 bits per heavy atom. The van der Waals surface area contributed by atoms with Gasteiger partial charge in [0.05, 0.1) is 0 Å². The van der Waals surface area contributed by atoms with E-state index in [1.165, 1.54) is 38.5 Å². The van der Waals surface area contributed by atoms with Gasteiger partial charge >= 0.3 is 5.97 Å². The second-order valence-electron chi connectivity index (χ2n) is 5.36. The Labute approximate surface area is 125 Å². The van der Waals surface area contributed by atoms with Crippen molar-refractivity contribution in [3.63, 3.8) is 0 Å².